The summed E-state index contributed by atoms with van der Waals surface area (Å²) in [5, 5.41) is 22.5. The Balaban J connectivity index is 1.48. The first-order valence-corrected chi connectivity index (χ1v) is 12.1. The van der Waals surface area contributed by atoms with Crippen molar-refractivity contribution in [3.05, 3.63) is 11.3 Å². The van der Waals surface area contributed by atoms with E-state index in [-0.39, 0.29) is 41.1 Å². The quantitative estimate of drug-likeness (QED) is 0.649. The topological polar surface area (TPSA) is 93.1 Å². The van der Waals surface area contributed by atoms with E-state index in [0.717, 1.165) is 56.9 Å². The van der Waals surface area contributed by atoms with Crippen LogP contribution in [0.4, 0.5) is 0 Å². The van der Waals surface area contributed by atoms with Gasteiger partial charge >= 0.3 is 11.9 Å². The lowest BCUT2D eigenvalue weighted by Crippen LogP contribution is -2.62. The number of ether oxygens (including phenoxy) is 2. The number of hydrogen-bond donors (Lipinski definition) is 2. The third-order valence-electron chi connectivity index (χ3n) is 10.3. The van der Waals surface area contributed by atoms with Crippen molar-refractivity contribution in [1.29, 1.82) is 0 Å². The van der Waals surface area contributed by atoms with Crippen molar-refractivity contribution in [3.8, 4) is 0 Å². The van der Waals surface area contributed by atoms with Crippen LogP contribution in [0.2, 0.25) is 0 Å². The van der Waals surface area contributed by atoms with Gasteiger partial charge in [-0.2, -0.15) is 0 Å². The highest BCUT2D eigenvalue weighted by Gasteiger charge is 2.68. The van der Waals surface area contributed by atoms with Crippen LogP contribution < -0.4 is 0 Å². The van der Waals surface area contributed by atoms with Crippen molar-refractivity contribution in [1.82, 2.24) is 0 Å². The first-order valence-electron chi connectivity index (χ1n) is 12.1. The Kier molecular flexibility index (Phi) is 4.88. The van der Waals surface area contributed by atoms with Crippen LogP contribution in [0.5, 0.6) is 0 Å². The maximum absolute atomic E-state index is 12.3. The van der Waals surface area contributed by atoms with Gasteiger partial charge in [-0.25, -0.2) is 4.79 Å². The normalized spacial score (nSPS) is 49.2. The number of carbonyl (C=O) groups excluding carboxylic acids is 2. The maximum Gasteiger partial charge on any atom is 0.374 e. The Labute approximate surface area is 184 Å². The molecule has 31 heavy (non-hydrogen) atoms. The summed E-state index contributed by atoms with van der Waals surface area (Å²) in [5.41, 5.74) is -0.200. The summed E-state index contributed by atoms with van der Waals surface area (Å²) in [6.07, 6.45) is 8.16. The van der Waals surface area contributed by atoms with Gasteiger partial charge in [0.05, 0.1) is 11.7 Å². The second-order valence-electron chi connectivity index (χ2n) is 11.4. The lowest BCUT2D eigenvalue weighted by atomic mass is 9.43. The summed E-state index contributed by atoms with van der Waals surface area (Å²) in [6, 6.07) is 0. The molecule has 0 unspecified atom stereocenters. The van der Waals surface area contributed by atoms with Crippen LogP contribution in [-0.2, 0) is 19.1 Å². The smallest absolute Gasteiger partial charge is 0.374 e. The summed E-state index contributed by atoms with van der Waals surface area (Å²) in [5.74, 6) is 0.218. The molecule has 4 aliphatic carbocycles. The number of hydrogen-bond acceptors (Lipinski definition) is 6. The third-order valence-corrected chi connectivity index (χ3v) is 10.3. The maximum atomic E-state index is 12.3. The zero-order valence-electron chi connectivity index (χ0n) is 19.0. The van der Waals surface area contributed by atoms with E-state index in [1.165, 1.54) is 6.92 Å². The van der Waals surface area contributed by atoms with E-state index < -0.39 is 17.5 Å². The monoisotopic (exact) mass is 432 g/mol. The molecule has 8 atom stereocenters. The van der Waals surface area contributed by atoms with E-state index in [2.05, 4.69) is 13.8 Å². The van der Waals surface area contributed by atoms with Crippen molar-refractivity contribution in [2.75, 3.05) is 6.61 Å². The van der Waals surface area contributed by atoms with Crippen LogP contribution in [0, 0.1) is 34.5 Å². The zero-order valence-corrected chi connectivity index (χ0v) is 19.0. The van der Waals surface area contributed by atoms with Crippen LogP contribution in [0.15, 0.2) is 11.3 Å². The Morgan fingerprint density at radius 3 is 2.58 bits per heavy atom. The van der Waals surface area contributed by atoms with Crippen LogP contribution in [0.25, 0.3) is 0 Å². The fraction of sp³-hybridized carbons (Fsp3) is 0.840. The van der Waals surface area contributed by atoms with Crippen LogP contribution in [0.3, 0.4) is 0 Å². The van der Waals surface area contributed by atoms with Gasteiger partial charge in [-0.1, -0.05) is 13.8 Å². The molecular weight excluding hydrogens is 396 g/mol. The van der Waals surface area contributed by atoms with Crippen molar-refractivity contribution in [3.63, 3.8) is 0 Å². The van der Waals surface area contributed by atoms with E-state index in [4.69, 9.17) is 9.47 Å². The molecule has 0 bridgehead atoms. The van der Waals surface area contributed by atoms with Crippen molar-refractivity contribution in [2.45, 2.75) is 90.3 Å². The van der Waals surface area contributed by atoms with E-state index in [9.17, 15) is 19.8 Å². The van der Waals surface area contributed by atoms with Gasteiger partial charge in [-0.15, -0.1) is 0 Å². The van der Waals surface area contributed by atoms with Gasteiger partial charge in [0.1, 0.15) is 6.61 Å². The molecular formula is C25H36O6. The van der Waals surface area contributed by atoms with Gasteiger partial charge in [-0.05, 0) is 86.9 Å². The Hall–Kier alpha value is -1.40. The fourth-order valence-electron chi connectivity index (χ4n) is 8.68. The van der Waals surface area contributed by atoms with Gasteiger partial charge < -0.3 is 19.7 Å². The minimum absolute atomic E-state index is 0.0158. The molecule has 6 nitrogen and oxygen atoms in total. The number of aliphatic hydroxyl groups excluding tert-OH is 1. The van der Waals surface area contributed by atoms with Crippen molar-refractivity contribution < 1.29 is 29.3 Å². The fourth-order valence-corrected chi connectivity index (χ4v) is 8.68. The number of cyclic esters (lactones) is 1. The molecule has 5 aliphatic rings. The molecule has 172 valence electrons. The van der Waals surface area contributed by atoms with Gasteiger partial charge in [-0.3, -0.25) is 4.79 Å². The molecule has 0 aromatic heterocycles. The predicted molar refractivity (Wildman–Crippen MR) is 112 cm³/mol. The first kappa shape index (κ1) is 21.4. The molecule has 0 radical (unpaired) electrons. The number of carbonyl (C=O) groups is 2. The SMILES string of the molecule is CC(=O)OC1=C([C@H]2CC[C@]3(O)[C@@H]4CC[C@@H]5C[C@@H](O)CC[C@]5(C)[C@H]4CC[C@]23C)COC1=O. The van der Waals surface area contributed by atoms with E-state index in [0.29, 0.717) is 18.3 Å². The molecule has 4 fully saturated rings. The highest BCUT2D eigenvalue weighted by molar-refractivity contribution is 5.92. The molecule has 0 saturated heterocycles. The van der Waals surface area contributed by atoms with Crippen molar-refractivity contribution >= 4 is 11.9 Å². The summed E-state index contributed by atoms with van der Waals surface area (Å²) in [6.45, 7) is 6.04. The minimum Gasteiger partial charge on any atom is -0.455 e. The Morgan fingerprint density at radius 2 is 1.84 bits per heavy atom. The number of esters is 2. The van der Waals surface area contributed by atoms with E-state index in [1.807, 2.05) is 0 Å². The van der Waals surface area contributed by atoms with Crippen LogP contribution in [-0.4, -0.2) is 40.5 Å². The van der Waals surface area contributed by atoms with E-state index >= 15 is 0 Å². The lowest BCUT2D eigenvalue weighted by Gasteiger charge is -2.63. The van der Waals surface area contributed by atoms with Crippen LogP contribution in [0.1, 0.15) is 78.6 Å². The summed E-state index contributed by atoms with van der Waals surface area (Å²) < 4.78 is 10.5. The molecule has 0 amide bonds. The second kappa shape index (κ2) is 7.05. The van der Waals surface area contributed by atoms with Gasteiger partial charge in [0.15, 0.2) is 0 Å². The Bertz CT molecular complexity index is 834. The highest BCUT2D eigenvalue weighted by Crippen LogP contribution is 2.70. The molecule has 0 aromatic rings. The largest absolute Gasteiger partial charge is 0.455 e. The summed E-state index contributed by atoms with van der Waals surface area (Å²) >= 11 is 0. The molecule has 4 saturated carbocycles. The highest BCUT2D eigenvalue weighted by atomic mass is 16.6. The molecule has 0 spiro atoms. The van der Waals surface area contributed by atoms with Crippen molar-refractivity contribution in [2.24, 2.45) is 34.5 Å². The molecule has 1 aliphatic heterocycles. The number of aliphatic hydroxyl groups is 2. The summed E-state index contributed by atoms with van der Waals surface area (Å²) in [4.78, 5) is 23.8. The standard InChI is InChI=1S/C25H36O6/c1-14(26)31-21-17(13-30-22(21)28)18-8-11-25(29)20-5-4-15-12-16(27)6-9-23(15,2)19(20)7-10-24(18,25)3/h15-16,18-20,27,29H,4-13H2,1-3H3/t15-,16+,18-,19+,20-,23+,24-,25+/m1/s1. The first-order chi connectivity index (χ1) is 14.6. The second-order valence-corrected chi connectivity index (χ2v) is 11.4. The average molecular weight is 433 g/mol. The average Bonchev–Trinajstić information content (AvgIpc) is 3.19. The molecule has 0 aromatic carbocycles. The third kappa shape index (κ3) is 2.90. The molecule has 5 rings (SSSR count). The van der Waals surface area contributed by atoms with Gasteiger partial charge in [0, 0.05) is 17.9 Å². The number of fused-ring (bicyclic) bond motifs is 5. The minimum atomic E-state index is -0.787. The lowest BCUT2D eigenvalue weighted by molar-refractivity contribution is -0.208. The van der Waals surface area contributed by atoms with Crippen LogP contribution >= 0.6 is 0 Å². The predicted octanol–water partition coefficient (Wildman–Crippen LogP) is 3.50. The van der Waals surface area contributed by atoms with E-state index in [1.54, 1.807) is 0 Å². The van der Waals surface area contributed by atoms with Gasteiger partial charge in [0.25, 0.3) is 0 Å². The number of rotatable bonds is 2. The molecule has 6 heteroatoms. The molecule has 2 N–H and O–H groups in total. The summed E-state index contributed by atoms with van der Waals surface area (Å²) in [7, 11) is 0. The zero-order chi connectivity index (χ0) is 22.2. The van der Waals surface area contributed by atoms with Gasteiger partial charge in [0.2, 0.25) is 5.76 Å². The Morgan fingerprint density at radius 1 is 1.06 bits per heavy atom. The molecule has 1 heterocycles.